The van der Waals surface area contributed by atoms with Crippen molar-refractivity contribution in [3.8, 4) is 0 Å². The minimum atomic E-state index is -0.811. The van der Waals surface area contributed by atoms with E-state index in [1.165, 1.54) is 0 Å². The largest absolute Gasteiger partial charge is 0.392 e. The molecule has 2 rings (SSSR count). The van der Waals surface area contributed by atoms with E-state index >= 15 is 0 Å². The highest BCUT2D eigenvalue weighted by Crippen LogP contribution is 2.39. The second-order valence-corrected chi connectivity index (χ2v) is 5.87. The standard InChI is InChI=1S/C16H22O5/c1-3-15(5-9-19-10-6-15)13(17)21-14(18)16(4-2)7-11-20-12-8-16/h1-2H,3-12H2. The Kier molecular flexibility index (Phi) is 5.38. The van der Waals surface area contributed by atoms with Gasteiger partial charge in [0.2, 0.25) is 0 Å². The highest BCUT2D eigenvalue weighted by molar-refractivity contribution is 5.91. The van der Waals surface area contributed by atoms with Crippen molar-refractivity contribution in [2.75, 3.05) is 26.4 Å². The molecule has 0 aromatic rings. The Morgan fingerprint density at radius 2 is 1.14 bits per heavy atom. The van der Waals surface area contributed by atoms with Gasteiger partial charge in [0.05, 0.1) is 10.8 Å². The summed E-state index contributed by atoms with van der Waals surface area (Å²) < 4.78 is 15.7. The Morgan fingerprint density at radius 1 is 0.810 bits per heavy atom. The minimum Gasteiger partial charge on any atom is -0.392 e. The lowest BCUT2D eigenvalue weighted by atomic mass is 9.76. The number of rotatable bonds is 4. The molecule has 0 aromatic heterocycles. The van der Waals surface area contributed by atoms with Crippen LogP contribution in [0, 0.1) is 24.7 Å². The number of carbonyl (C=O) groups is 2. The van der Waals surface area contributed by atoms with E-state index in [2.05, 4.69) is 0 Å². The third-order valence-corrected chi connectivity index (χ3v) is 4.73. The van der Waals surface area contributed by atoms with Crippen LogP contribution in [0.15, 0.2) is 0 Å². The number of esters is 2. The Labute approximate surface area is 126 Å². The van der Waals surface area contributed by atoms with E-state index in [-0.39, 0.29) is 12.8 Å². The van der Waals surface area contributed by atoms with Crippen LogP contribution in [0.2, 0.25) is 0 Å². The van der Waals surface area contributed by atoms with Crippen molar-refractivity contribution < 1.29 is 23.8 Å². The lowest BCUT2D eigenvalue weighted by molar-refractivity contribution is -0.180. The van der Waals surface area contributed by atoms with E-state index in [1.807, 2.05) is 0 Å². The van der Waals surface area contributed by atoms with Crippen molar-refractivity contribution in [2.45, 2.75) is 38.5 Å². The van der Waals surface area contributed by atoms with Crippen molar-refractivity contribution in [1.29, 1.82) is 0 Å². The molecule has 116 valence electrons. The normalized spacial score (nSPS) is 24.3. The highest BCUT2D eigenvalue weighted by atomic mass is 16.6. The van der Waals surface area contributed by atoms with Gasteiger partial charge in [0, 0.05) is 26.4 Å². The van der Waals surface area contributed by atoms with E-state index in [4.69, 9.17) is 28.1 Å². The minimum absolute atomic E-state index is 0.154. The Hall–Kier alpha value is -0.940. The van der Waals surface area contributed by atoms with Gasteiger partial charge in [0.25, 0.3) is 0 Å². The van der Waals surface area contributed by atoms with Crippen LogP contribution >= 0.6 is 0 Å². The van der Waals surface area contributed by atoms with Gasteiger partial charge < -0.3 is 14.2 Å². The maximum atomic E-state index is 12.4. The van der Waals surface area contributed by atoms with Crippen molar-refractivity contribution >= 4 is 11.9 Å². The van der Waals surface area contributed by atoms with Gasteiger partial charge in [-0.2, -0.15) is 0 Å². The molecule has 0 amide bonds. The summed E-state index contributed by atoms with van der Waals surface area (Å²) >= 11 is 0. The average Bonchev–Trinajstić information content (AvgIpc) is 2.55. The van der Waals surface area contributed by atoms with Gasteiger partial charge in [0.1, 0.15) is 0 Å². The molecule has 0 aromatic carbocycles. The molecule has 0 aliphatic carbocycles. The van der Waals surface area contributed by atoms with E-state index in [9.17, 15) is 9.59 Å². The zero-order chi connectivity index (χ0) is 15.3. The maximum Gasteiger partial charge on any atom is 0.319 e. The fourth-order valence-corrected chi connectivity index (χ4v) is 2.81. The van der Waals surface area contributed by atoms with Crippen LogP contribution in [0.5, 0.6) is 0 Å². The number of carbonyl (C=O) groups excluding carboxylic acids is 2. The summed E-state index contributed by atoms with van der Waals surface area (Å²) in [5.41, 5.74) is -1.62. The van der Waals surface area contributed by atoms with Gasteiger partial charge in [-0.15, -0.1) is 0 Å². The molecular weight excluding hydrogens is 272 g/mol. The molecule has 5 nitrogen and oxygen atoms in total. The monoisotopic (exact) mass is 294 g/mol. The molecule has 0 N–H and O–H groups in total. The van der Waals surface area contributed by atoms with E-state index < -0.39 is 22.8 Å². The average molecular weight is 294 g/mol. The molecular formula is C16H22O5. The molecule has 5 heteroatoms. The second-order valence-electron chi connectivity index (χ2n) is 5.87. The zero-order valence-corrected chi connectivity index (χ0v) is 12.3. The predicted octanol–water partition coefficient (Wildman–Crippen LogP) is 1.85. The Morgan fingerprint density at radius 3 is 1.43 bits per heavy atom. The van der Waals surface area contributed by atoms with Gasteiger partial charge in [-0.25, -0.2) is 0 Å². The zero-order valence-electron chi connectivity index (χ0n) is 12.3. The van der Waals surface area contributed by atoms with Crippen LogP contribution in [0.1, 0.15) is 38.5 Å². The summed E-state index contributed by atoms with van der Waals surface area (Å²) in [5, 5.41) is 0. The molecule has 0 saturated carbocycles. The molecule has 0 atom stereocenters. The SMILES string of the molecule is [CH]CC1(C(=O)OC(=O)C2(C[CH])CCOCC2)CCOCC1. The van der Waals surface area contributed by atoms with Crippen molar-refractivity contribution in [2.24, 2.45) is 10.8 Å². The molecule has 2 heterocycles. The predicted molar refractivity (Wildman–Crippen MR) is 73.9 cm³/mol. The molecule has 21 heavy (non-hydrogen) atoms. The molecule has 2 fully saturated rings. The van der Waals surface area contributed by atoms with Gasteiger partial charge in [-0.05, 0) is 52.4 Å². The molecule has 0 spiro atoms. The van der Waals surface area contributed by atoms with Gasteiger partial charge in [0.15, 0.2) is 0 Å². The fourth-order valence-electron chi connectivity index (χ4n) is 2.81. The lowest BCUT2D eigenvalue weighted by Crippen LogP contribution is -2.44. The molecule has 2 aliphatic rings. The highest BCUT2D eigenvalue weighted by Gasteiger charge is 2.46. The first-order valence-electron chi connectivity index (χ1n) is 7.41. The summed E-state index contributed by atoms with van der Waals surface area (Å²) in [4.78, 5) is 24.8. The topological polar surface area (TPSA) is 61.8 Å². The lowest BCUT2D eigenvalue weighted by Gasteiger charge is -2.36. The third-order valence-electron chi connectivity index (χ3n) is 4.73. The van der Waals surface area contributed by atoms with Crippen LogP contribution in [-0.4, -0.2) is 38.4 Å². The molecule has 2 saturated heterocycles. The van der Waals surface area contributed by atoms with Gasteiger partial charge in [-0.1, -0.05) is 0 Å². The van der Waals surface area contributed by atoms with E-state index in [0.717, 1.165) is 0 Å². The van der Waals surface area contributed by atoms with Crippen molar-refractivity contribution in [3.05, 3.63) is 13.8 Å². The van der Waals surface area contributed by atoms with Crippen molar-refractivity contribution in [3.63, 3.8) is 0 Å². The molecule has 2 aliphatic heterocycles. The van der Waals surface area contributed by atoms with Crippen LogP contribution < -0.4 is 0 Å². The quantitative estimate of drug-likeness (QED) is 0.585. The number of hydrogen-bond donors (Lipinski definition) is 0. The maximum absolute atomic E-state index is 12.4. The van der Waals surface area contributed by atoms with Gasteiger partial charge in [-0.3, -0.25) is 9.59 Å². The molecule has 4 radical (unpaired) electrons. The third kappa shape index (κ3) is 3.29. The van der Waals surface area contributed by atoms with Crippen LogP contribution in [0.3, 0.4) is 0 Å². The Bertz CT molecular complexity index is 342. The summed E-state index contributed by atoms with van der Waals surface area (Å²) in [6.45, 7) is 13.3. The van der Waals surface area contributed by atoms with Crippen LogP contribution in [0.4, 0.5) is 0 Å². The summed E-state index contributed by atoms with van der Waals surface area (Å²) in [5.74, 6) is -1.09. The molecule has 0 bridgehead atoms. The first-order valence-corrected chi connectivity index (χ1v) is 7.41. The fraction of sp³-hybridized carbons (Fsp3) is 0.750. The van der Waals surface area contributed by atoms with E-state index in [1.54, 1.807) is 0 Å². The van der Waals surface area contributed by atoms with E-state index in [0.29, 0.717) is 52.1 Å². The smallest absolute Gasteiger partial charge is 0.319 e. The van der Waals surface area contributed by atoms with Crippen molar-refractivity contribution in [1.82, 2.24) is 0 Å². The summed E-state index contributed by atoms with van der Waals surface area (Å²) in [6, 6.07) is 0. The van der Waals surface area contributed by atoms with Crippen LogP contribution in [-0.2, 0) is 23.8 Å². The van der Waals surface area contributed by atoms with Gasteiger partial charge >= 0.3 is 11.9 Å². The summed E-state index contributed by atoms with van der Waals surface area (Å²) in [7, 11) is 0. The van der Waals surface area contributed by atoms with Crippen LogP contribution in [0.25, 0.3) is 0 Å². The summed E-state index contributed by atoms with van der Waals surface area (Å²) in [6.07, 6.45) is 2.23. The second kappa shape index (κ2) is 6.88. The number of ether oxygens (including phenoxy) is 3. The first kappa shape index (κ1) is 16.4. The number of hydrogen-bond acceptors (Lipinski definition) is 5. The molecule has 0 unspecified atom stereocenters. The Balaban J connectivity index is 2.05. The first-order chi connectivity index (χ1) is 10.1.